The van der Waals surface area contributed by atoms with E-state index in [1.807, 2.05) is 6.07 Å². The summed E-state index contributed by atoms with van der Waals surface area (Å²) in [5, 5.41) is 9.11. The number of ether oxygens (including phenoxy) is 1. The fourth-order valence-electron chi connectivity index (χ4n) is 1.92. The van der Waals surface area contributed by atoms with E-state index in [2.05, 4.69) is 0 Å². The summed E-state index contributed by atoms with van der Waals surface area (Å²) in [6.45, 7) is 0. The largest absolute Gasteiger partial charge is 0.496 e. The van der Waals surface area contributed by atoms with Gasteiger partial charge < -0.3 is 4.74 Å². The molecule has 0 aliphatic rings. The highest BCUT2D eigenvalue weighted by molar-refractivity contribution is 5.73. The number of hydrogen-bond donors (Lipinski definition) is 0. The second-order valence-corrected chi connectivity index (χ2v) is 4.07. The number of halogens is 3. The number of hydrogen-bond acceptors (Lipinski definition) is 2. The van der Waals surface area contributed by atoms with Gasteiger partial charge in [0.1, 0.15) is 5.75 Å². The molecule has 20 heavy (non-hydrogen) atoms. The van der Waals surface area contributed by atoms with E-state index in [1.165, 1.54) is 0 Å². The van der Waals surface area contributed by atoms with E-state index in [4.69, 9.17) is 10.00 Å². The zero-order valence-electron chi connectivity index (χ0n) is 10.5. The van der Waals surface area contributed by atoms with Crippen molar-refractivity contribution in [2.45, 2.75) is 6.18 Å². The van der Waals surface area contributed by atoms with Crippen molar-refractivity contribution in [2.24, 2.45) is 0 Å². The predicted molar refractivity (Wildman–Crippen MR) is 68.1 cm³/mol. The van der Waals surface area contributed by atoms with Crippen LogP contribution in [0.5, 0.6) is 5.75 Å². The molecular weight excluding hydrogens is 267 g/mol. The van der Waals surface area contributed by atoms with Crippen LogP contribution in [0.1, 0.15) is 11.1 Å². The topological polar surface area (TPSA) is 33.0 Å². The molecule has 0 spiro atoms. The lowest BCUT2D eigenvalue weighted by atomic mass is 9.97. The van der Waals surface area contributed by atoms with Crippen LogP contribution >= 0.6 is 0 Å². The van der Waals surface area contributed by atoms with Gasteiger partial charge >= 0.3 is 6.18 Å². The van der Waals surface area contributed by atoms with Crippen molar-refractivity contribution in [1.29, 1.82) is 5.26 Å². The van der Waals surface area contributed by atoms with E-state index in [0.717, 1.165) is 19.2 Å². The normalized spacial score (nSPS) is 10.9. The van der Waals surface area contributed by atoms with Crippen LogP contribution < -0.4 is 4.74 Å². The molecule has 2 aromatic carbocycles. The summed E-state index contributed by atoms with van der Waals surface area (Å²) in [4.78, 5) is 0. The molecule has 0 heterocycles. The van der Waals surface area contributed by atoms with Gasteiger partial charge in [0.25, 0.3) is 0 Å². The monoisotopic (exact) mass is 277 g/mol. The Bertz CT molecular complexity index is 657. The summed E-state index contributed by atoms with van der Waals surface area (Å²) >= 11 is 0. The molecule has 0 aliphatic heterocycles. The molecule has 0 saturated heterocycles. The van der Waals surface area contributed by atoms with Gasteiger partial charge in [-0.05, 0) is 17.7 Å². The minimum atomic E-state index is -4.54. The highest BCUT2D eigenvalue weighted by Crippen LogP contribution is 2.40. The summed E-state index contributed by atoms with van der Waals surface area (Å²) in [5.74, 6) is -0.353. The number of nitriles is 1. The van der Waals surface area contributed by atoms with Crippen molar-refractivity contribution in [3.63, 3.8) is 0 Å². The average molecular weight is 277 g/mol. The van der Waals surface area contributed by atoms with Gasteiger partial charge in [-0.25, -0.2) is 0 Å². The van der Waals surface area contributed by atoms with E-state index >= 15 is 0 Å². The van der Waals surface area contributed by atoms with Gasteiger partial charge in [0, 0.05) is 5.56 Å². The number of nitrogens with zero attached hydrogens (tertiary/aromatic N) is 1. The van der Waals surface area contributed by atoms with E-state index in [-0.39, 0.29) is 16.9 Å². The van der Waals surface area contributed by atoms with Crippen molar-refractivity contribution < 1.29 is 17.9 Å². The van der Waals surface area contributed by atoms with Crippen molar-refractivity contribution in [3.05, 3.63) is 53.6 Å². The van der Waals surface area contributed by atoms with Crippen LogP contribution in [-0.4, -0.2) is 7.11 Å². The summed E-state index contributed by atoms with van der Waals surface area (Å²) in [5.41, 5.74) is 0.0392. The molecule has 0 amide bonds. The molecule has 0 bridgehead atoms. The second-order valence-electron chi connectivity index (χ2n) is 4.07. The van der Waals surface area contributed by atoms with Crippen LogP contribution in [0.15, 0.2) is 42.5 Å². The minimum absolute atomic E-state index is 0.140. The highest BCUT2D eigenvalue weighted by Gasteiger charge is 2.35. The maximum absolute atomic E-state index is 13.0. The SMILES string of the molecule is COc1cc(C#N)c(-c2ccccc2)cc1C(F)(F)F. The first kappa shape index (κ1) is 13.9. The summed E-state index contributed by atoms with van der Waals surface area (Å²) in [6.07, 6.45) is -4.54. The zero-order chi connectivity index (χ0) is 14.8. The number of rotatable bonds is 2. The Morgan fingerprint density at radius 3 is 2.25 bits per heavy atom. The quantitative estimate of drug-likeness (QED) is 0.822. The Labute approximate surface area is 114 Å². The molecule has 5 heteroatoms. The Hall–Kier alpha value is -2.48. The Morgan fingerprint density at radius 2 is 1.75 bits per heavy atom. The molecule has 2 aromatic rings. The maximum atomic E-state index is 13.0. The number of methoxy groups -OCH3 is 1. The molecule has 0 aliphatic carbocycles. The molecule has 102 valence electrons. The number of benzene rings is 2. The first-order valence-corrected chi connectivity index (χ1v) is 5.72. The molecule has 0 aromatic heterocycles. The summed E-state index contributed by atoms with van der Waals surface area (Å²) in [7, 11) is 1.15. The molecule has 0 saturated carbocycles. The van der Waals surface area contributed by atoms with Gasteiger partial charge in [-0.2, -0.15) is 18.4 Å². The Balaban J connectivity index is 2.72. The third-order valence-corrected chi connectivity index (χ3v) is 2.85. The number of alkyl halides is 3. The zero-order valence-corrected chi connectivity index (χ0v) is 10.5. The maximum Gasteiger partial charge on any atom is 0.419 e. The van der Waals surface area contributed by atoms with Crippen molar-refractivity contribution in [1.82, 2.24) is 0 Å². The molecule has 2 rings (SSSR count). The molecule has 0 N–H and O–H groups in total. The van der Waals surface area contributed by atoms with Crippen LogP contribution in [-0.2, 0) is 6.18 Å². The van der Waals surface area contributed by atoms with Gasteiger partial charge in [0.05, 0.1) is 24.3 Å². The van der Waals surface area contributed by atoms with Gasteiger partial charge in [-0.1, -0.05) is 30.3 Å². The van der Waals surface area contributed by atoms with Crippen LogP contribution in [0.3, 0.4) is 0 Å². The predicted octanol–water partition coefficient (Wildman–Crippen LogP) is 4.25. The van der Waals surface area contributed by atoms with Crippen LogP contribution in [0, 0.1) is 11.3 Å². The summed E-state index contributed by atoms with van der Waals surface area (Å²) < 4.78 is 43.7. The van der Waals surface area contributed by atoms with Gasteiger partial charge in [0.2, 0.25) is 0 Å². The molecule has 0 atom stereocenters. The van der Waals surface area contributed by atoms with E-state index in [9.17, 15) is 13.2 Å². The summed E-state index contributed by atoms with van der Waals surface area (Å²) in [6, 6.07) is 12.4. The Morgan fingerprint density at radius 1 is 1.10 bits per heavy atom. The van der Waals surface area contributed by atoms with Crippen LogP contribution in [0.25, 0.3) is 11.1 Å². The van der Waals surface area contributed by atoms with E-state index in [0.29, 0.717) is 5.56 Å². The molecule has 0 radical (unpaired) electrons. The van der Waals surface area contributed by atoms with Gasteiger partial charge in [-0.15, -0.1) is 0 Å². The van der Waals surface area contributed by atoms with E-state index in [1.54, 1.807) is 30.3 Å². The van der Waals surface area contributed by atoms with E-state index < -0.39 is 11.7 Å². The van der Waals surface area contributed by atoms with Crippen molar-refractivity contribution in [2.75, 3.05) is 7.11 Å². The van der Waals surface area contributed by atoms with Crippen LogP contribution in [0.4, 0.5) is 13.2 Å². The first-order chi connectivity index (χ1) is 9.47. The van der Waals surface area contributed by atoms with Crippen LogP contribution in [0.2, 0.25) is 0 Å². The molecule has 0 fully saturated rings. The molecular formula is C15H10F3NO. The third-order valence-electron chi connectivity index (χ3n) is 2.85. The first-order valence-electron chi connectivity index (χ1n) is 5.72. The molecule has 0 unspecified atom stereocenters. The lowest BCUT2D eigenvalue weighted by molar-refractivity contribution is -0.138. The smallest absolute Gasteiger partial charge is 0.419 e. The molecule has 2 nitrogen and oxygen atoms in total. The second kappa shape index (κ2) is 5.25. The average Bonchev–Trinajstić information content (AvgIpc) is 2.45. The lowest BCUT2D eigenvalue weighted by Gasteiger charge is -2.15. The van der Waals surface area contributed by atoms with Gasteiger partial charge in [0.15, 0.2) is 0 Å². The standard InChI is InChI=1S/C15H10F3NO/c1-20-14-7-11(9-19)12(8-13(14)15(16,17)18)10-5-3-2-4-6-10/h2-8H,1H3. The highest BCUT2D eigenvalue weighted by atomic mass is 19.4. The lowest BCUT2D eigenvalue weighted by Crippen LogP contribution is -2.08. The minimum Gasteiger partial charge on any atom is -0.496 e. The van der Waals surface area contributed by atoms with Crippen molar-refractivity contribution in [3.8, 4) is 22.9 Å². The fraction of sp³-hybridized carbons (Fsp3) is 0.133. The van der Waals surface area contributed by atoms with Crippen molar-refractivity contribution >= 4 is 0 Å². The third kappa shape index (κ3) is 2.59. The van der Waals surface area contributed by atoms with Gasteiger partial charge in [-0.3, -0.25) is 0 Å². The fourth-order valence-corrected chi connectivity index (χ4v) is 1.92. The Kier molecular flexibility index (Phi) is 3.66.